The Hall–Kier alpha value is -0.240. The molecule has 0 amide bonds. The molecule has 0 saturated carbocycles. The Morgan fingerprint density at radius 3 is 2.40 bits per heavy atom. The monoisotopic (exact) mass is 245 g/mol. The van der Waals surface area contributed by atoms with Crippen LogP contribution in [0.25, 0.3) is 0 Å². The summed E-state index contributed by atoms with van der Waals surface area (Å²) in [5, 5.41) is 4.51. The van der Waals surface area contributed by atoms with E-state index in [0.29, 0.717) is 22.0 Å². The van der Waals surface area contributed by atoms with Crippen LogP contribution in [0.4, 0.5) is 0 Å². The van der Waals surface area contributed by atoms with Gasteiger partial charge in [0.1, 0.15) is 0 Å². The van der Waals surface area contributed by atoms with E-state index in [9.17, 15) is 0 Å². The lowest BCUT2D eigenvalue weighted by Gasteiger charge is -2.19. The summed E-state index contributed by atoms with van der Waals surface area (Å²) in [7, 11) is 1.98. The van der Waals surface area contributed by atoms with Gasteiger partial charge in [0.05, 0.1) is 10.0 Å². The van der Waals surface area contributed by atoms with Crippen LogP contribution in [0.3, 0.4) is 0 Å². The van der Waals surface area contributed by atoms with Crippen LogP contribution in [0.2, 0.25) is 10.0 Å². The Bertz CT molecular complexity index is 325. The fourth-order valence-corrected chi connectivity index (χ4v) is 1.82. The summed E-state index contributed by atoms with van der Waals surface area (Å²) in [5.74, 6) is 0.576. The predicted octanol–water partition coefficient (Wildman–Crippen LogP) is 3.78. The van der Waals surface area contributed by atoms with Crippen molar-refractivity contribution in [3.05, 3.63) is 33.8 Å². The van der Waals surface area contributed by atoms with Crippen LogP contribution < -0.4 is 5.32 Å². The zero-order chi connectivity index (χ0) is 11.4. The van der Waals surface area contributed by atoms with E-state index >= 15 is 0 Å². The molecule has 15 heavy (non-hydrogen) atoms. The molecule has 3 heteroatoms. The lowest BCUT2D eigenvalue weighted by atomic mass is 9.95. The second kappa shape index (κ2) is 5.74. The molecule has 1 aromatic carbocycles. The lowest BCUT2D eigenvalue weighted by Crippen LogP contribution is -2.29. The van der Waals surface area contributed by atoms with Crippen LogP contribution in [-0.2, 0) is 6.42 Å². The molecule has 84 valence electrons. The molecule has 2 atom stereocenters. The minimum Gasteiger partial charge on any atom is -0.317 e. The van der Waals surface area contributed by atoms with E-state index < -0.39 is 0 Å². The molecule has 1 N–H and O–H groups in total. The molecule has 0 radical (unpaired) electrons. The largest absolute Gasteiger partial charge is 0.317 e. The van der Waals surface area contributed by atoms with E-state index in [1.165, 1.54) is 5.56 Å². The van der Waals surface area contributed by atoms with E-state index in [0.717, 1.165) is 6.42 Å². The molecule has 2 unspecified atom stereocenters. The fourth-order valence-electron chi connectivity index (χ4n) is 1.50. The topological polar surface area (TPSA) is 12.0 Å². The molecule has 0 bridgehead atoms. The van der Waals surface area contributed by atoms with E-state index in [1.807, 2.05) is 25.2 Å². The summed E-state index contributed by atoms with van der Waals surface area (Å²) >= 11 is 11.8. The normalized spacial score (nSPS) is 15.0. The first-order valence-corrected chi connectivity index (χ1v) is 5.91. The van der Waals surface area contributed by atoms with Gasteiger partial charge in [-0.05, 0) is 44.0 Å². The summed E-state index contributed by atoms with van der Waals surface area (Å²) in [6.07, 6.45) is 1.01. The number of nitrogens with one attached hydrogen (secondary N) is 1. The molecule has 0 aromatic heterocycles. The van der Waals surface area contributed by atoms with Crippen molar-refractivity contribution in [3.8, 4) is 0 Å². The van der Waals surface area contributed by atoms with E-state index in [1.54, 1.807) is 0 Å². The van der Waals surface area contributed by atoms with Crippen molar-refractivity contribution in [2.45, 2.75) is 26.3 Å². The summed E-state index contributed by atoms with van der Waals surface area (Å²) in [6, 6.07) is 6.34. The van der Waals surface area contributed by atoms with Gasteiger partial charge in [-0.3, -0.25) is 0 Å². The average molecular weight is 246 g/mol. The smallest absolute Gasteiger partial charge is 0.0595 e. The maximum absolute atomic E-state index is 5.96. The van der Waals surface area contributed by atoms with Crippen LogP contribution in [0.15, 0.2) is 18.2 Å². The second-order valence-electron chi connectivity index (χ2n) is 4.01. The van der Waals surface area contributed by atoms with Crippen molar-refractivity contribution in [1.29, 1.82) is 0 Å². The van der Waals surface area contributed by atoms with Crippen molar-refractivity contribution in [2.75, 3.05) is 7.05 Å². The third-order valence-electron chi connectivity index (χ3n) is 2.85. The number of halogens is 2. The Morgan fingerprint density at radius 2 is 1.87 bits per heavy atom. The molecule has 0 spiro atoms. The van der Waals surface area contributed by atoms with E-state index in [4.69, 9.17) is 23.2 Å². The molecule has 0 aliphatic rings. The number of benzene rings is 1. The maximum Gasteiger partial charge on any atom is 0.0595 e. The van der Waals surface area contributed by atoms with Crippen molar-refractivity contribution < 1.29 is 0 Å². The summed E-state index contributed by atoms with van der Waals surface area (Å²) in [4.78, 5) is 0. The van der Waals surface area contributed by atoms with Crippen molar-refractivity contribution in [3.63, 3.8) is 0 Å². The number of hydrogen-bond acceptors (Lipinski definition) is 1. The van der Waals surface area contributed by atoms with Gasteiger partial charge in [0, 0.05) is 6.04 Å². The third-order valence-corrected chi connectivity index (χ3v) is 3.59. The second-order valence-corrected chi connectivity index (χ2v) is 4.82. The van der Waals surface area contributed by atoms with Crippen molar-refractivity contribution in [1.82, 2.24) is 5.32 Å². The van der Waals surface area contributed by atoms with E-state index in [-0.39, 0.29) is 0 Å². The molecule has 1 nitrogen and oxygen atoms in total. The van der Waals surface area contributed by atoms with Gasteiger partial charge in [-0.25, -0.2) is 0 Å². The summed E-state index contributed by atoms with van der Waals surface area (Å²) in [5.41, 5.74) is 1.24. The minimum atomic E-state index is 0.499. The fraction of sp³-hybridized carbons (Fsp3) is 0.500. The third kappa shape index (κ3) is 3.67. The van der Waals surface area contributed by atoms with Gasteiger partial charge < -0.3 is 5.32 Å². The molecule has 1 aromatic rings. The van der Waals surface area contributed by atoms with Gasteiger partial charge in [0.25, 0.3) is 0 Å². The van der Waals surface area contributed by atoms with Gasteiger partial charge in [-0.15, -0.1) is 0 Å². The molecule has 0 aliphatic carbocycles. The predicted molar refractivity (Wildman–Crippen MR) is 67.9 cm³/mol. The average Bonchev–Trinajstić information content (AvgIpc) is 2.22. The molecule has 0 heterocycles. The van der Waals surface area contributed by atoms with Crippen molar-refractivity contribution in [2.24, 2.45) is 5.92 Å². The molecule has 0 fully saturated rings. The Labute approximate surface area is 102 Å². The van der Waals surface area contributed by atoms with Gasteiger partial charge in [0.2, 0.25) is 0 Å². The highest BCUT2D eigenvalue weighted by Crippen LogP contribution is 2.24. The van der Waals surface area contributed by atoms with Gasteiger partial charge in [0.15, 0.2) is 0 Å². The van der Waals surface area contributed by atoms with Gasteiger partial charge in [-0.1, -0.05) is 36.2 Å². The Balaban J connectivity index is 2.68. The first-order chi connectivity index (χ1) is 7.04. The Morgan fingerprint density at radius 1 is 1.20 bits per heavy atom. The standard InChI is InChI=1S/C12H17Cl2N/c1-8(9(2)15-3)6-10-4-5-11(13)12(14)7-10/h4-5,7-9,15H,6H2,1-3H3. The van der Waals surface area contributed by atoms with Crippen LogP contribution >= 0.6 is 23.2 Å². The Kier molecular flexibility index (Phi) is 4.91. The minimum absolute atomic E-state index is 0.499. The molecule has 0 aliphatic heterocycles. The number of rotatable bonds is 4. The lowest BCUT2D eigenvalue weighted by molar-refractivity contribution is 0.424. The van der Waals surface area contributed by atoms with E-state index in [2.05, 4.69) is 19.2 Å². The van der Waals surface area contributed by atoms with Crippen LogP contribution in [-0.4, -0.2) is 13.1 Å². The number of hydrogen-bond donors (Lipinski definition) is 1. The molecule has 1 rings (SSSR count). The molecule has 0 saturated heterocycles. The maximum atomic E-state index is 5.96. The van der Waals surface area contributed by atoms with Crippen LogP contribution in [0, 0.1) is 5.92 Å². The van der Waals surface area contributed by atoms with Crippen LogP contribution in [0.1, 0.15) is 19.4 Å². The summed E-state index contributed by atoms with van der Waals surface area (Å²) < 4.78 is 0. The molecular formula is C12H17Cl2N. The highest BCUT2D eigenvalue weighted by atomic mass is 35.5. The summed E-state index contributed by atoms with van der Waals surface area (Å²) in [6.45, 7) is 4.41. The molecular weight excluding hydrogens is 229 g/mol. The van der Waals surface area contributed by atoms with Crippen molar-refractivity contribution >= 4 is 23.2 Å². The van der Waals surface area contributed by atoms with Gasteiger partial charge in [-0.2, -0.15) is 0 Å². The van der Waals surface area contributed by atoms with Gasteiger partial charge >= 0.3 is 0 Å². The quantitative estimate of drug-likeness (QED) is 0.852. The highest BCUT2D eigenvalue weighted by Gasteiger charge is 2.11. The zero-order valence-electron chi connectivity index (χ0n) is 9.35. The highest BCUT2D eigenvalue weighted by molar-refractivity contribution is 6.42. The first kappa shape index (κ1) is 12.8. The zero-order valence-corrected chi connectivity index (χ0v) is 10.9. The van der Waals surface area contributed by atoms with Crippen LogP contribution in [0.5, 0.6) is 0 Å². The first-order valence-electron chi connectivity index (χ1n) is 5.15. The SMILES string of the molecule is CNC(C)C(C)Cc1ccc(Cl)c(Cl)c1.